The lowest BCUT2D eigenvalue weighted by Crippen LogP contribution is -2.37. The maximum absolute atomic E-state index is 11.9. The number of carbonyl (C=O) groups excluding carboxylic acids is 1. The summed E-state index contributed by atoms with van der Waals surface area (Å²) in [5.41, 5.74) is 0.766. The summed E-state index contributed by atoms with van der Waals surface area (Å²) in [4.78, 5) is 22.6. The standard InChI is InChI=1S/C15H23N3OS/c1-3-17(4-2)11-8-9-18(10-11)15-16-14-12(19)6-5-7-13(14)20-15/h11H,3-10H2,1-2H3. The zero-order valence-corrected chi connectivity index (χ0v) is 13.2. The van der Waals surface area contributed by atoms with Gasteiger partial charge in [-0.1, -0.05) is 13.8 Å². The molecule has 20 heavy (non-hydrogen) atoms. The highest BCUT2D eigenvalue weighted by Crippen LogP contribution is 2.33. The van der Waals surface area contributed by atoms with Gasteiger partial charge in [0.15, 0.2) is 10.9 Å². The fourth-order valence-electron chi connectivity index (χ4n) is 3.34. The van der Waals surface area contributed by atoms with E-state index in [2.05, 4.69) is 28.6 Å². The summed E-state index contributed by atoms with van der Waals surface area (Å²) in [7, 11) is 0. The summed E-state index contributed by atoms with van der Waals surface area (Å²) >= 11 is 1.74. The number of aryl methyl sites for hydroxylation is 1. The first-order valence-electron chi connectivity index (χ1n) is 7.74. The monoisotopic (exact) mass is 293 g/mol. The Hall–Kier alpha value is -0.940. The Kier molecular flexibility index (Phi) is 4.08. The van der Waals surface area contributed by atoms with E-state index in [0.717, 1.165) is 49.8 Å². The molecule has 110 valence electrons. The zero-order valence-electron chi connectivity index (χ0n) is 12.4. The fraction of sp³-hybridized carbons (Fsp3) is 0.733. The number of hydrogen-bond acceptors (Lipinski definition) is 5. The molecule has 1 atom stereocenters. The molecule has 0 N–H and O–H groups in total. The lowest BCUT2D eigenvalue weighted by atomic mass is 10.0. The van der Waals surface area contributed by atoms with Crippen molar-refractivity contribution in [2.75, 3.05) is 31.1 Å². The molecule has 0 amide bonds. The lowest BCUT2D eigenvalue weighted by molar-refractivity contribution is 0.0968. The first-order chi connectivity index (χ1) is 9.72. The van der Waals surface area contributed by atoms with Crippen LogP contribution in [0.2, 0.25) is 0 Å². The van der Waals surface area contributed by atoms with Crippen LogP contribution in [0.4, 0.5) is 5.13 Å². The second-order valence-electron chi connectivity index (χ2n) is 5.65. The molecule has 1 aromatic rings. The van der Waals surface area contributed by atoms with E-state index in [4.69, 9.17) is 0 Å². The molecule has 0 bridgehead atoms. The van der Waals surface area contributed by atoms with Crippen molar-refractivity contribution < 1.29 is 4.79 Å². The van der Waals surface area contributed by atoms with E-state index >= 15 is 0 Å². The molecule has 0 aromatic carbocycles. The predicted octanol–water partition coefficient (Wildman–Crippen LogP) is 2.58. The van der Waals surface area contributed by atoms with Gasteiger partial charge in [-0.3, -0.25) is 9.69 Å². The van der Waals surface area contributed by atoms with Crippen molar-refractivity contribution in [3.05, 3.63) is 10.6 Å². The van der Waals surface area contributed by atoms with Crippen LogP contribution < -0.4 is 4.90 Å². The van der Waals surface area contributed by atoms with E-state index in [9.17, 15) is 4.79 Å². The number of carbonyl (C=O) groups is 1. The Morgan fingerprint density at radius 2 is 2.15 bits per heavy atom. The minimum absolute atomic E-state index is 0.244. The van der Waals surface area contributed by atoms with Crippen molar-refractivity contribution >= 4 is 22.3 Å². The third kappa shape index (κ3) is 2.49. The first-order valence-corrected chi connectivity index (χ1v) is 8.56. The summed E-state index contributed by atoms with van der Waals surface area (Å²) in [5, 5.41) is 1.07. The average Bonchev–Trinajstić information content (AvgIpc) is 3.07. The van der Waals surface area contributed by atoms with Crippen LogP contribution in [-0.4, -0.2) is 47.9 Å². The van der Waals surface area contributed by atoms with E-state index in [0.29, 0.717) is 12.5 Å². The third-order valence-corrected chi connectivity index (χ3v) is 5.70. The smallest absolute Gasteiger partial charge is 0.186 e. The minimum Gasteiger partial charge on any atom is -0.346 e. The van der Waals surface area contributed by atoms with Gasteiger partial charge in [0.25, 0.3) is 0 Å². The number of nitrogens with zero attached hydrogens (tertiary/aromatic N) is 3. The van der Waals surface area contributed by atoms with E-state index in [1.54, 1.807) is 11.3 Å². The van der Waals surface area contributed by atoms with Gasteiger partial charge >= 0.3 is 0 Å². The van der Waals surface area contributed by atoms with Crippen molar-refractivity contribution in [2.45, 2.75) is 45.6 Å². The summed E-state index contributed by atoms with van der Waals surface area (Å²) in [6, 6.07) is 0.640. The molecule has 2 heterocycles. The fourth-order valence-corrected chi connectivity index (χ4v) is 4.50. The van der Waals surface area contributed by atoms with Gasteiger partial charge in [0, 0.05) is 30.4 Å². The van der Waals surface area contributed by atoms with Crippen molar-refractivity contribution in [1.82, 2.24) is 9.88 Å². The highest BCUT2D eigenvalue weighted by atomic mass is 32.1. The summed E-state index contributed by atoms with van der Waals surface area (Å²) in [6.07, 6.45) is 3.92. The summed E-state index contributed by atoms with van der Waals surface area (Å²) in [5.74, 6) is 0.244. The van der Waals surface area contributed by atoms with E-state index in [1.807, 2.05) is 0 Å². The maximum Gasteiger partial charge on any atom is 0.186 e. The van der Waals surface area contributed by atoms with Crippen LogP contribution in [-0.2, 0) is 6.42 Å². The molecule has 0 radical (unpaired) electrons. The van der Waals surface area contributed by atoms with Gasteiger partial charge < -0.3 is 4.90 Å². The SMILES string of the molecule is CCN(CC)C1CCN(c2nc3c(s2)CCCC3=O)C1. The largest absolute Gasteiger partial charge is 0.346 e. The zero-order chi connectivity index (χ0) is 14.1. The molecule has 5 heteroatoms. The number of ketones is 1. The topological polar surface area (TPSA) is 36.4 Å². The Labute approximate surface area is 124 Å². The highest BCUT2D eigenvalue weighted by molar-refractivity contribution is 7.16. The molecule has 1 unspecified atom stereocenters. The van der Waals surface area contributed by atoms with Crippen molar-refractivity contribution in [2.24, 2.45) is 0 Å². The van der Waals surface area contributed by atoms with Crippen LogP contribution in [0.3, 0.4) is 0 Å². The van der Waals surface area contributed by atoms with Gasteiger partial charge in [0.2, 0.25) is 0 Å². The second kappa shape index (κ2) is 5.82. The molecule has 1 fully saturated rings. The van der Waals surface area contributed by atoms with E-state index < -0.39 is 0 Å². The van der Waals surface area contributed by atoms with Gasteiger partial charge in [-0.15, -0.1) is 11.3 Å². The lowest BCUT2D eigenvalue weighted by Gasteiger charge is -2.25. The van der Waals surface area contributed by atoms with Crippen LogP contribution in [0.5, 0.6) is 0 Å². The van der Waals surface area contributed by atoms with Crippen molar-refractivity contribution in [1.29, 1.82) is 0 Å². The molecular weight excluding hydrogens is 270 g/mol. The molecule has 1 aliphatic heterocycles. The predicted molar refractivity (Wildman–Crippen MR) is 82.9 cm³/mol. The van der Waals surface area contributed by atoms with Crippen LogP contribution in [0, 0.1) is 0 Å². The first kappa shape index (κ1) is 14.0. The number of thiazole rings is 1. The molecule has 0 spiro atoms. The number of rotatable bonds is 4. The molecule has 1 saturated heterocycles. The van der Waals surface area contributed by atoms with E-state index in [1.165, 1.54) is 11.3 Å². The number of fused-ring (bicyclic) bond motifs is 1. The van der Waals surface area contributed by atoms with Crippen molar-refractivity contribution in [3.63, 3.8) is 0 Å². The summed E-state index contributed by atoms with van der Waals surface area (Å²) < 4.78 is 0. The second-order valence-corrected chi connectivity index (χ2v) is 6.72. The van der Waals surface area contributed by atoms with Gasteiger partial charge in [-0.05, 0) is 32.4 Å². The third-order valence-electron chi connectivity index (χ3n) is 4.52. The number of aromatic nitrogens is 1. The Morgan fingerprint density at radius 3 is 2.85 bits per heavy atom. The molecule has 4 nitrogen and oxygen atoms in total. The summed E-state index contributed by atoms with van der Waals surface area (Å²) in [6.45, 7) is 8.81. The molecular formula is C15H23N3OS. The number of Topliss-reactive ketones (excluding diaryl/α,β-unsaturated/α-hetero) is 1. The van der Waals surface area contributed by atoms with E-state index in [-0.39, 0.29) is 5.78 Å². The quantitative estimate of drug-likeness (QED) is 0.855. The van der Waals surface area contributed by atoms with Crippen molar-refractivity contribution in [3.8, 4) is 0 Å². The van der Waals surface area contributed by atoms with Gasteiger partial charge in [-0.2, -0.15) is 0 Å². The Balaban J connectivity index is 1.73. The molecule has 0 saturated carbocycles. The molecule has 2 aliphatic rings. The average molecular weight is 293 g/mol. The maximum atomic E-state index is 11.9. The number of anilines is 1. The normalized spacial score (nSPS) is 22.6. The minimum atomic E-state index is 0.244. The van der Waals surface area contributed by atoms with Gasteiger partial charge in [-0.25, -0.2) is 4.98 Å². The van der Waals surface area contributed by atoms with Crippen LogP contribution in [0.25, 0.3) is 0 Å². The molecule has 1 aliphatic carbocycles. The molecule has 3 rings (SSSR count). The Bertz CT molecular complexity index is 495. The van der Waals surface area contributed by atoms with Crippen LogP contribution in [0.1, 0.15) is 48.5 Å². The number of likely N-dealkylation sites (N-methyl/N-ethyl adjacent to an activating group) is 1. The van der Waals surface area contributed by atoms with Crippen LogP contribution >= 0.6 is 11.3 Å². The Morgan fingerprint density at radius 1 is 1.35 bits per heavy atom. The number of hydrogen-bond donors (Lipinski definition) is 0. The highest BCUT2D eigenvalue weighted by Gasteiger charge is 2.30. The van der Waals surface area contributed by atoms with Gasteiger partial charge in [0.05, 0.1) is 0 Å². The molecule has 1 aromatic heterocycles. The van der Waals surface area contributed by atoms with Gasteiger partial charge in [0.1, 0.15) is 5.69 Å². The van der Waals surface area contributed by atoms with Crippen LogP contribution in [0.15, 0.2) is 0 Å².